The van der Waals surface area contributed by atoms with Crippen LogP contribution in [-0.4, -0.2) is 65.2 Å². The highest BCUT2D eigenvalue weighted by atomic mass is 19.4. The van der Waals surface area contributed by atoms with Crippen LogP contribution < -0.4 is 36.9 Å². The summed E-state index contributed by atoms with van der Waals surface area (Å²) in [6.07, 6.45) is -2.89. The first kappa shape index (κ1) is 29.7. The molecule has 0 atom stereocenters. The minimum absolute atomic E-state index is 0.113. The van der Waals surface area contributed by atoms with Crippen LogP contribution in [0.15, 0.2) is 29.2 Å². The van der Waals surface area contributed by atoms with Crippen molar-refractivity contribution >= 4 is 23.7 Å². The van der Waals surface area contributed by atoms with E-state index in [0.29, 0.717) is 24.4 Å². The third-order valence-corrected chi connectivity index (χ3v) is 4.65. The van der Waals surface area contributed by atoms with Crippen LogP contribution in [0.2, 0.25) is 0 Å². The number of hydroxylamine groups is 1. The summed E-state index contributed by atoms with van der Waals surface area (Å²) in [5.41, 5.74) is 8.45. The molecule has 1 amide bonds. The maximum atomic E-state index is 12.7. The van der Waals surface area contributed by atoms with Crippen molar-refractivity contribution in [3.05, 3.63) is 46.0 Å². The highest BCUT2D eigenvalue weighted by molar-refractivity contribution is 5.76. The SMILES string of the molecule is Cc1cnc(NCCc2ccc3c(c2)OCO3)c(=O)n1CC(=O)NCCONC(=N)N.O=C(O)C(F)(F)F. The molecule has 0 aliphatic carbocycles. The van der Waals surface area contributed by atoms with Gasteiger partial charge in [0.05, 0.1) is 6.61 Å². The summed E-state index contributed by atoms with van der Waals surface area (Å²) in [7, 11) is 0. The molecule has 0 saturated carbocycles. The Kier molecular flexibility index (Phi) is 10.7. The average molecular weight is 545 g/mol. The van der Waals surface area contributed by atoms with E-state index < -0.39 is 12.1 Å². The number of nitrogens with one attached hydrogen (secondary N) is 4. The van der Waals surface area contributed by atoms with Gasteiger partial charge in [-0.25, -0.2) is 15.3 Å². The number of aromatic nitrogens is 2. The number of carbonyl (C=O) groups excluding carboxylic acids is 1. The van der Waals surface area contributed by atoms with Gasteiger partial charge in [-0.05, 0) is 31.0 Å². The predicted molar refractivity (Wildman–Crippen MR) is 126 cm³/mol. The zero-order chi connectivity index (χ0) is 28.3. The van der Waals surface area contributed by atoms with E-state index in [-0.39, 0.29) is 49.7 Å². The Hall–Kier alpha value is -4.54. The van der Waals surface area contributed by atoms with Gasteiger partial charge in [-0.2, -0.15) is 13.2 Å². The second-order valence-corrected chi connectivity index (χ2v) is 7.52. The number of nitrogens with two attached hydrogens (primary N) is 1. The lowest BCUT2D eigenvalue weighted by atomic mass is 10.1. The quantitative estimate of drug-likeness (QED) is 0.102. The van der Waals surface area contributed by atoms with Crippen molar-refractivity contribution in [3.63, 3.8) is 0 Å². The van der Waals surface area contributed by atoms with Gasteiger partial charge >= 0.3 is 12.1 Å². The fourth-order valence-corrected chi connectivity index (χ4v) is 2.88. The predicted octanol–water partition coefficient (Wildman–Crippen LogP) is 0.0992. The number of rotatable bonds is 10. The van der Waals surface area contributed by atoms with Crippen LogP contribution in [-0.2, 0) is 27.4 Å². The first-order chi connectivity index (χ1) is 17.9. The molecule has 0 fully saturated rings. The van der Waals surface area contributed by atoms with Gasteiger partial charge in [0.2, 0.25) is 18.7 Å². The largest absolute Gasteiger partial charge is 0.490 e. The van der Waals surface area contributed by atoms with Crippen LogP contribution in [0.4, 0.5) is 19.0 Å². The minimum atomic E-state index is -5.08. The number of ether oxygens (including phenoxy) is 2. The fourth-order valence-electron chi connectivity index (χ4n) is 2.88. The van der Waals surface area contributed by atoms with Gasteiger partial charge in [-0.15, -0.1) is 0 Å². The van der Waals surface area contributed by atoms with E-state index in [2.05, 4.69) is 21.1 Å². The molecule has 7 N–H and O–H groups in total. The lowest BCUT2D eigenvalue weighted by molar-refractivity contribution is -0.192. The molecule has 0 unspecified atom stereocenters. The molecule has 0 spiro atoms. The molecule has 1 aliphatic rings. The molecular formula is C21H26F3N7O7. The lowest BCUT2D eigenvalue weighted by Crippen LogP contribution is -2.37. The molecule has 208 valence electrons. The van der Waals surface area contributed by atoms with Crippen LogP contribution >= 0.6 is 0 Å². The Morgan fingerprint density at radius 3 is 2.61 bits per heavy atom. The maximum Gasteiger partial charge on any atom is 0.490 e. The standard InChI is InChI=1S/C19H25N7O5.C2HF3O2/c1-12-9-24-17(23-5-4-13-2-3-14-15(8-13)30-11-29-14)18(28)26(12)10-16(27)22-6-7-31-25-19(20)21;3-2(4,5)1(6)7/h2-3,8-9H,4-7,10-11H2,1H3,(H,22,27)(H,23,24)(H4,20,21,25);(H,6,7). The molecule has 1 aliphatic heterocycles. The van der Waals surface area contributed by atoms with E-state index in [1.165, 1.54) is 10.8 Å². The number of carbonyl (C=O) groups is 2. The smallest absolute Gasteiger partial charge is 0.475 e. The number of alkyl halides is 3. The number of guanidine groups is 1. The normalized spacial score (nSPS) is 11.7. The molecule has 1 aromatic heterocycles. The summed E-state index contributed by atoms with van der Waals surface area (Å²) < 4.78 is 43.7. The minimum Gasteiger partial charge on any atom is -0.475 e. The number of carboxylic acids is 1. The summed E-state index contributed by atoms with van der Waals surface area (Å²) in [4.78, 5) is 42.8. The second-order valence-electron chi connectivity index (χ2n) is 7.52. The van der Waals surface area contributed by atoms with Crippen molar-refractivity contribution in [1.82, 2.24) is 20.3 Å². The van der Waals surface area contributed by atoms with Gasteiger partial charge in [0.15, 0.2) is 17.3 Å². The number of amides is 1. The van der Waals surface area contributed by atoms with E-state index in [1.807, 2.05) is 18.2 Å². The molecule has 3 rings (SSSR count). The molecule has 14 nitrogen and oxygen atoms in total. The van der Waals surface area contributed by atoms with Crippen molar-refractivity contribution in [2.24, 2.45) is 5.73 Å². The van der Waals surface area contributed by atoms with Gasteiger partial charge in [-0.1, -0.05) is 6.07 Å². The second kappa shape index (κ2) is 13.7. The Morgan fingerprint density at radius 2 is 1.95 bits per heavy atom. The molecular weight excluding hydrogens is 519 g/mol. The zero-order valence-corrected chi connectivity index (χ0v) is 20.1. The van der Waals surface area contributed by atoms with Crippen molar-refractivity contribution < 1.29 is 42.2 Å². The molecule has 17 heteroatoms. The first-order valence-electron chi connectivity index (χ1n) is 10.9. The molecule has 2 heterocycles. The number of aryl methyl sites for hydroxylation is 1. The van der Waals surface area contributed by atoms with Gasteiger partial charge in [-0.3, -0.25) is 24.4 Å². The van der Waals surface area contributed by atoms with Gasteiger partial charge < -0.3 is 30.9 Å². The number of carboxylic acid groups (broad SMARTS) is 1. The summed E-state index contributed by atoms with van der Waals surface area (Å²) in [6.45, 7) is 2.57. The zero-order valence-electron chi connectivity index (χ0n) is 20.1. The maximum absolute atomic E-state index is 12.7. The van der Waals surface area contributed by atoms with E-state index in [9.17, 15) is 22.8 Å². The molecule has 2 aromatic rings. The Balaban J connectivity index is 0.000000638. The van der Waals surface area contributed by atoms with E-state index in [1.54, 1.807) is 6.92 Å². The van der Waals surface area contributed by atoms with Crippen LogP contribution in [0.3, 0.4) is 0 Å². The lowest BCUT2D eigenvalue weighted by Gasteiger charge is -2.13. The Labute approximate surface area is 213 Å². The summed E-state index contributed by atoms with van der Waals surface area (Å²) in [6, 6.07) is 5.70. The topological polar surface area (TPSA) is 203 Å². The number of benzene rings is 1. The first-order valence-corrected chi connectivity index (χ1v) is 10.9. The fraction of sp³-hybridized carbons (Fsp3) is 0.381. The van der Waals surface area contributed by atoms with Gasteiger partial charge in [0.1, 0.15) is 6.54 Å². The average Bonchev–Trinajstić information content (AvgIpc) is 3.30. The van der Waals surface area contributed by atoms with Gasteiger partial charge in [0, 0.05) is 25.0 Å². The molecule has 0 bridgehead atoms. The number of fused-ring (bicyclic) bond motifs is 1. The number of hydrogen-bond donors (Lipinski definition) is 6. The third-order valence-electron chi connectivity index (χ3n) is 4.65. The summed E-state index contributed by atoms with van der Waals surface area (Å²) in [5.74, 6) is -1.83. The molecule has 1 aromatic carbocycles. The summed E-state index contributed by atoms with van der Waals surface area (Å²) in [5, 5.41) is 19.7. The molecule has 0 radical (unpaired) electrons. The van der Waals surface area contributed by atoms with E-state index in [0.717, 1.165) is 11.3 Å². The summed E-state index contributed by atoms with van der Waals surface area (Å²) >= 11 is 0. The molecule has 38 heavy (non-hydrogen) atoms. The number of halogens is 3. The van der Waals surface area contributed by atoms with Crippen LogP contribution in [0.25, 0.3) is 0 Å². The monoisotopic (exact) mass is 545 g/mol. The van der Waals surface area contributed by atoms with Crippen LogP contribution in [0, 0.1) is 12.3 Å². The number of aliphatic carboxylic acids is 1. The van der Waals surface area contributed by atoms with Crippen LogP contribution in [0.5, 0.6) is 11.5 Å². The van der Waals surface area contributed by atoms with Gasteiger partial charge in [0.25, 0.3) is 5.56 Å². The van der Waals surface area contributed by atoms with Crippen molar-refractivity contribution in [2.75, 3.05) is 31.8 Å². The van der Waals surface area contributed by atoms with Crippen molar-refractivity contribution in [1.29, 1.82) is 5.41 Å². The Morgan fingerprint density at radius 1 is 1.26 bits per heavy atom. The van der Waals surface area contributed by atoms with E-state index in [4.69, 9.17) is 35.4 Å². The molecule has 0 saturated heterocycles. The number of nitrogens with zero attached hydrogens (tertiary/aromatic N) is 2. The highest BCUT2D eigenvalue weighted by Crippen LogP contribution is 2.32. The van der Waals surface area contributed by atoms with Crippen molar-refractivity contribution in [2.45, 2.75) is 26.1 Å². The number of anilines is 1. The third kappa shape index (κ3) is 9.49. The Bertz CT molecular complexity index is 1200. The van der Waals surface area contributed by atoms with E-state index >= 15 is 0 Å². The van der Waals surface area contributed by atoms with Crippen LogP contribution in [0.1, 0.15) is 11.3 Å². The van der Waals surface area contributed by atoms with Crippen molar-refractivity contribution in [3.8, 4) is 11.5 Å². The number of hydrogen-bond acceptors (Lipinski definition) is 9. The highest BCUT2D eigenvalue weighted by Gasteiger charge is 2.38.